The zero-order valence-corrected chi connectivity index (χ0v) is 22.5. The number of carbonyl (C=O) groups excluding carboxylic acids is 2. The lowest BCUT2D eigenvalue weighted by Crippen LogP contribution is -2.36. The predicted molar refractivity (Wildman–Crippen MR) is 146 cm³/mol. The molecule has 0 bridgehead atoms. The molecule has 2 saturated heterocycles. The first-order valence-corrected chi connectivity index (χ1v) is 13.9. The lowest BCUT2D eigenvalue weighted by Gasteiger charge is -2.27. The van der Waals surface area contributed by atoms with Gasteiger partial charge in [-0.15, -0.1) is 0 Å². The summed E-state index contributed by atoms with van der Waals surface area (Å²) in [6, 6.07) is 13.7. The molecule has 0 radical (unpaired) electrons. The van der Waals surface area contributed by atoms with Crippen molar-refractivity contribution in [3.8, 4) is 11.5 Å². The molecule has 2 fully saturated rings. The number of Topliss-reactive ketones (excluding diaryl/α,β-unsaturated/α-hetero) is 1. The number of hydrogen-bond donors (Lipinski definition) is 1. The molecule has 0 spiro atoms. The summed E-state index contributed by atoms with van der Waals surface area (Å²) in [5.74, 6) is -0.0668. The van der Waals surface area contributed by atoms with E-state index in [4.69, 9.17) is 14.2 Å². The van der Waals surface area contributed by atoms with Crippen LogP contribution in [0.3, 0.4) is 0 Å². The Hall–Kier alpha value is -3.32. The number of ketones is 1. The Kier molecular flexibility index (Phi) is 9.82. The number of hydrogen-bond acceptors (Lipinski definition) is 6. The summed E-state index contributed by atoms with van der Waals surface area (Å²) in [6.45, 7) is 6.46. The van der Waals surface area contributed by atoms with Gasteiger partial charge in [0.2, 0.25) is 0 Å². The zero-order valence-electron chi connectivity index (χ0n) is 22.5. The molecule has 4 rings (SSSR count). The number of likely N-dealkylation sites (tertiary alicyclic amines) is 1. The number of rotatable bonds is 13. The van der Waals surface area contributed by atoms with Crippen LogP contribution >= 0.6 is 0 Å². The average molecular weight is 522 g/mol. The van der Waals surface area contributed by atoms with Gasteiger partial charge in [0, 0.05) is 18.7 Å². The molecule has 0 aromatic heterocycles. The number of unbranched alkanes of at least 4 members (excludes halogenated alkanes) is 3. The van der Waals surface area contributed by atoms with Crippen molar-refractivity contribution in [1.29, 1.82) is 0 Å². The van der Waals surface area contributed by atoms with Gasteiger partial charge >= 0.3 is 0 Å². The van der Waals surface area contributed by atoms with Crippen LogP contribution in [0.15, 0.2) is 54.1 Å². The fourth-order valence-corrected chi connectivity index (χ4v) is 4.91. The maximum Gasteiger partial charge on any atom is 0.295 e. The van der Waals surface area contributed by atoms with Crippen LogP contribution in [0.25, 0.3) is 5.76 Å². The second-order valence-electron chi connectivity index (χ2n) is 9.94. The van der Waals surface area contributed by atoms with Gasteiger partial charge in [-0.05, 0) is 67.6 Å². The van der Waals surface area contributed by atoms with E-state index in [0.29, 0.717) is 37.7 Å². The average Bonchev–Trinajstić information content (AvgIpc) is 3.54. The maximum absolute atomic E-state index is 13.3. The Morgan fingerprint density at radius 1 is 0.921 bits per heavy atom. The Morgan fingerprint density at radius 2 is 1.55 bits per heavy atom. The van der Waals surface area contributed by atoms with E-state index in [0.717, 1.165) is 56.3 Å². The summed E-state index contributed by atoms with van der Waals surface area (Å²) in [5.41, 5.74) is 1.29. The van der Waals surface area contributed by atoms with Crippen molar-refractivity contribution in [2.24, 2.45) is 0 Å². The fourth-order valence-electron chi connectivity index (χ4n) is 4.91. The van der Waals surface area contributed by atoms with Crippen LogP contribution in [-0.2, 0) is 14.3 Å². The van der Waals surface area contributed by atoms with Crippen LogP contribution in [0.5, 0.6) is 11.5 Å². The van der Waals surface area contributed by atoms with Crippen molar-refractivity contribution < 1.29 is 28.9 Å². The predicted octanol–water partition coefficient (Wildman–Crippen LogP) is 6.04. The van der Waals surface area contributed by atoms with Crippen LogP contribution in [0.2, 0.25) is 0 Å². The van der Waals surface area contributed by atoms with Crippen LogP contribution < -0.4 is 9.47 Å². The second kappa shape index (κ2) is 13.5. The molecular weight excluding hydrogens is 482 g/mol. The fraction of sp³-hybridized carbons (Fsp3) is 0.484. The van der Waals surface area contributed by atoms with Gasteiger partial charge in [0.25, 0.3) is 11.7 Å². The molecule has 2 aromatic carbocycles. The Labute approximate surface area is 225 Å². The zero-order chi connectivity index (χ0) is 26.9. The quantitative estimate of drug-likeness (QED) is 0.150. The Balaban J connectivity index is 1.63. The third-order valence-corrected chi connectivity index (χ3v) is 7.07. The SMILES string of the molecule is CCCCCOc1ccc([C@H]2C(=C(O)c3ccc(OCCCC)cc3)C(=O)C(=O)N2C[C@@H]2CCCO2)cc1. The van der Waals surface area contributed by atoms with E-state index in [1.165, 1.54) is 0 Å². The summed E-state index contributed by atoms with van der Waals surface area (Å²) in [4.78, 5) is 28.1. The minimum atomic E-state index is -0.714. The lowest BCUT2D eigenvalue weighted by molar-refractivity contribution is -0.140. The molecule has 38 heavy (non-hydrogen) atoms. The molecule has 1 N–H and O–H groups in total. The van der Waals surface area contributed by atoms with E-state index in [1.54, 1.807) is 29.2 Å². The van der Waals surface area contributed by atoms with E-state index in [1.807, 2.05) is 24.3 Å². The van der Waals surface area contributed by atoms with Gasteiger partial charge < -0.3 is 24.2 Å². The van der Waals surface area contributed by atoms with E-state index < -0.39 is 17.7 Å². The van der Waals surface area contributed by atoms with E-state index in [2.05, 4.69) is 13.8 Å². The van der Waals surface area contributed by atoms with Crippen LogP contribution in [0, 0.1) is 0 Å². The molecule has 2 heterocycles. The lowest BCUT2D eigenvalue weighted by atomic mass is 9.95. The molecule has 0 aliphatic carbocycles. The normalized spacial score (nSPS) is 20.7. The van der Waals surface area contributed by atoms with Crippen molar-refractivity contribution in [2.45, 2.75) is 70.9 Å². The van der Waals surface area contributed by atoms with Gasteiger partial charge in [-0.3, -0.25) is 9.59 Å². The first kappa shape index (κ1) is 27.7. The Bertz CT molecular complexity index is 1100. The summed E-state index contributed by atoms with van der Waals surface area (Å²) < 4.78 is 17.4. The number of aliphatic hydroxyl groups excluding tert-OH is 1. The standard InChI is InChI=1S/C31H39NO6/c1-3-5-7-19-37-24-14-10-22(11-15-24)28-27(30(34)31(35)32(28)21-26-9-8-20-38-26)29(33)23-12-16-25(17-13-23)36-18-6-4-2/h10-17,26,28,33H,3-9,18-21H2,1-2H3/t26-,28-/m0/s1. The van der Waals surface area contributed by atoms with Crippen LogP contribution in [0.4, 0.5) is 0 Å². The van der Waals surface area contributed by atoms with Gasteiger partial charge in [-0.1, -0.05) is 45.2 Å². The Morgan fingerprint density at radius 3 is 2.16 bits per heavy atom. The number of benzene rings is 2. The van der Waals surface area contributed by atoms with Crippen molar-refractivity contribution in [2.75, 3.05) is 26.4 Å². The highest BCUT2D eigenvalue weighted by Crippen LogP contribution is 2.40. The molecule has 7 nitrogen and oxygen atoms in total. The molecule has 0 unspecified atom stereocenters. The first-order valence-electron chi connectivity index (χ1n) is 13.9. The molecule has 7 heteroatoms. The second-order valence-corrected chi connectivity index (χ2v) is 9.94. The van der Waals surface area contributed by atoms with Crippen LogP contribution in [-0.4, -0.2) is 54.2 Å². The van der Waals surface area contributed by atoms with Gasteiger partial charge in [0.1, 0.15) is 17.3 Å². The third kappa shape index (κ3) is 6.57. The van der Waals surface area contributed by atoms with E-state index >= 15 is 0 Å². The van der Waals surface area contributed by atoms with Gasteiger partial charge in [-0.25, -0.2) is 0 Å². The minimum absolute atomic E-state index is 0.0873. The highest BCUT2D eigenvalue weighted by atomic mass is 16.5. The largest absolute Gasteiger partial charge is 0.507 e. The molecule has 0 saturated carbocycles. The summed E-state index contributed by atoms with van der Waals surface area (Å²) in [7, 11) is 0. The summed E-state index contributed by atoms with van der Waals surface area (Å²) in [5, 5.41) is 11.3. The highest BCUT2D eigenvalue weighted by molar-refractivity contribution is 6.46. The van der Waals surface area contributed by atoms with E-state index in [9.17, 15) is 14.7 Å². The summed E-state index contributed by atoms with van der Waals surface area (Å²) >= 11 is 0. The number of nitrogens with zero attached hydrogens (tertiary/aromatic N) is 1. The molecule has 2 atom stereocenters. The smallest absolute Gasteiger partial charge is 0.295 e. The summed E-state index contributed by atoms with van der Waals surface area (Å²) in [6.07, 6.45) is 6.85. The third-order valence-electron chi connectivity index (χ3n) is 7.07. The van der Waals surface area contributed by atoms with Gasteiger partial charge in [0.15, 0.2) is 0 Å². The first-order chi connectivity index (χ1) is 18.5. The maximum atomic E-state index is 13.3. The molecule has 2 aromatic rings. The highest BCUT2D eigenvalue weighted by Gasteiger charge is 2.47. The number of ether oxygens (including phenoxy) is 3. The van der Waals surface area contributed by atoms with Gasteiger partial charge in [-0.2, -0.15) is 0 Å². The number of aliphatic hydroxyl groups is 1. The number of carbonyl (C=O) groups is 2. The molecule has 2 aliphatic heterocycles. The monoisotopic (exact) mass is 521 g/mol. The molecular formula is C31H39NO6. The minimum Gasteiger partial charge on any atom is -0.507 e. The topological polar surface area (TPSA) is 85.3 Å². The number of amides is 1. The van der Waals surface area contributed by atoms with Crippen LogP contribution in [0.1, 0.15) is 76.0 Å². The van der Waals surface area contributed by atoms with E-state index in [-0.39, 0.29) is 17.4 Å². The molecule has 2 aliphatic rings. The molecule has 1 amide bonds. The van der Waals surface area contributed by atoms with Crippen molar-refractivity contribution in [3.63, 3.8) is 0 Å². The van der Waals surface area contributed by atoms with Gasteiger partial charge in [0.05, 0.1) is 30.9 Å². The van der Waals surface area contributed by atoms with Crippen molar-refractivity contribution in [3.05, 3.63) is 65.2 Å². The molecule has 204 valence electrons. The van der Waals surface area contributed by atoms with Crippen molar-refractivity contribution in [1.82, 2.24) is 4.90 Å². The van der Waals surface area contributed by atoms with Crippen molar-refractivity contribution >= 4 is 17.4 Å².